The first-order valence-corrected chi connectivity index (χ1v) is 2.80. The van der Waals surface area contributed by atoms with Crippen molar-refractivity contribution in [3.05, 3.63) is 0 Å². The lowest BCUT2D eigenvalue weighted by atomic mass is 10.8. The van der Waals surface area contributed by atoms with E-state index in [2.05, 4.69) is 19.6 Å². The van der Waals surface area contributed by atoms with Crippen molar-refractivity contribution < 1.29 is 19.6 Å². The molecular formula is C4H12N2O4. The van der Waals surface area contributed by atoms with E-state index in [-0.39, 0.29) is 26.7 Å². The summed E-state index contributed by atoms with van der Waals surface area (Å²) < 4.78 is 0. The summed E-state index contributed by atoms with van der Waals surface area (Å²) in [6.07, 6.45) is 0. The molecule has 0 aliphatic rings. The van der Waals surface area contributed by atoms with Gasteiger partial charge >= 0.3 is 0 Å². The molecule has 6 heteroatoms. The van der Waals surface area contributed by atoms with Crippen LogP contribution in [0.5, 0.6) is 0 Å². The molecule has 0 bridgehead atoms. The van der Waals surface area contributed by atoms with Crippen LogP contribution in [0, 0.1) is 0 Å². The molecular weight excluding hydrogens is 140 g/mol. The average molecular weight is 152 g/mol. The first-order valence-electron chi connectivity index (χ1n) is 2.80. The molecule has 0 rings (SSSR count). The maximum Gasteiger partial charge on any atom is 0.130 e. The zero-order valence-corrected chi connectivity index (χ0v) is 5.62. The molecule has 0 saturated heterocycles. The maximum absolute atomic E-state index is 4.93. The fourth-order valence-electron chi connectivity index (χ4n) is 0.282. The second-order valence-electron chi connectivity index (χ2n) is 1.21. The van der Waals surface area contributed by atoms with E-state index in [0.29, 0.717) is 0 Å². The number of rotatable bonds is 7. The summed E-state index contributed by atoms with van der Waals surface area (Å²) in [6.45, 7) is 0.573. The van der Waals surface area contributed by atoms with Gasteiger partial charge < -0.3 is 11.5 Å². The molecule has 0 aromatic heterocycles. The highest BCUT2D eigenvalue weighted by molar-refractivity contribution is 4.15. The Kier molecular flexibility index (Phi) is 8.55. The largest absolute Gasteiger partial charge is 0.306 e. The van der Waals surface area contributed by atoms with Gasteiger partial charge in [0.1, 0.15) is 26.7 Å². The molecule has 0 amide bonds. The number of hydrogen-bond acceptors (Lipinski definition) is 6. The highest BCUT2D eigenvalue weighted by Gasteiger charge is 1.87. The molecule has 0 aromatic carbocycles. The zero-order valence-electron chi connectivity index (χ0n) is 5.62. The van der Waals surface area contributed by atoms with E-state index in [4.69, 9.17) is 11.5 Å². The molecule has 0 unspecified atom stereocenters. The lowest BCUT2D eigenvalue weighted by Gasteiger charge is -2.01. The standard InChI is InChI=1S/C4H12N2O4/c5-3-9-7-1-2-8-10-4-6/h1-6H2. The Morgan fingerprint density at radius 2 is 1.10 bits per heavy atom. The lowest BCUT2D eigenvalue weighted by Crippen LogP contribution is -2.12. The summed E-state index contributed by atoms with van der Waals surface area (Å²) in [6, 6.07) is 0. The first-order chi connectivity index (χ1) is 4.91. The predicted octanol–water partition coefficient (Wildman–Crippen LogP) is -1.28. The SMILES string of the molecule is NCOOCCOOCN. The second-order valence-corrected chi connectivity index (χ2v) is 1.21. The average Bonchev–Trinajstić information content (AvgIpc) is 1.97. The molecule has 62 valence electrons. The fraction of sp³-hybridized carbons (Fsp3) is 1.00. The van der Waals surface area contributed by atoms with Gasteiger partial charge in [-0.3, -0.25) is 0 Å². The van der Waals surface area contributed by atoms with E-state index in [1.165, 1.54) is 0 Å². The van der Waals surface area contributed by atoms with E-state index in [1.807, 2.05) is 0 Å². The van der Waals surface area contributed by atoms with Crippen LogP contribution in [0.1, 0.15) is 0 Å². The van der Waals surface area contributed by atoms with Crippen molar-refractivity contribution in [2.24, 2.45) is 11.5 Å². The number of nitrogens with two attached hydrogens (primary N) is 2. The van der Waals surface area contributed by atoms with Crippen LogP contribution in [0.25, 0.3) is 0 Å². The fourth-order valence-corrected chi connectivity index (χ4v) is 0.282. The Bertz CT molecular complexity index is 55.2. The molecule has 0 spiro atoms. The summed E-state index contributed by atoms with van der Waals surface area (Å²) in [5.74, 6) is 0. The first kappa shape index (κ1) is 9.76. The minimum absolute atomic E-state index is 0.0255. The van der Waals surface area contributed by atoms with E-state index >= 15 is 0 Å². The normalized spacial score (nSPS) is 10.2. The van der Waals surface area contributed by atoms with E-state index in [9.17, 15) is 0 Å². The third kappa shape index (κ3) is 7.76. The molecule has 6 nitrogen and oxygen atoms in total. The monoisotopic (exact) mass is 152 g/mol. The van der Waals surface area contributed by atoms with Crippen LogP contribution in [-0.2, 0) is 19.6 Å². The Labute approximate surface area is 58.8 Å². The minimum atomic E-state index is 0.0255. The summed E-state index contributed by atoms with van der Waals surface area (Å²) in [5.41, 5.74) is 9.86. The Balaban J connectivity index is 2.65. The van der Waals surface area contributed by atoms with Crippen molar-refractivity contribution in [1.82, 2.24) is 0 Å². The van der Waals surface area contributed by atoms with Crippen molar-refractivity contribution in [2.45, 2.75) is 0 Å². The minimum Gasteiger partial charge on any atom is -0.306 e. The second kappa shape index (κ2) is 8.76. The van der Waals surface area contributed by atoms with Crippen molar-refractivity contribution in [3.8, 4) is 0 Å². The van der Waals surface area contributed by atoms with Gasteiger partial charge in [-0.1, -0.05) is 0 Å². The van der Waals surface area contributed by atoms with Gasteiger partial charge in [0.05, 0.1) is 0 Å². The molecule has 0 aliphatic carbocycles. The molecule has 0 heterocycles. The van der Waals surface area contributed by atoms with Crippen molar-refractivity contribution in [3.63, 3.8) is 0 Å². The van der Waals surface area contributed by atoms with Crippen LogP contribution >= 0.6 is 0 Å². The molecule has 0 atom stereocenters. The van der Waals surface area contributed by atoms with E-state index in [1.54, 1.807) is 0 Å². The highest BCUT2D eigenvalue weighted by atomic mass is 17.2. The van der Waals surface area contributed by atoms with Crippen molar-refractivity contribution in [2.75, 3.05) is 26.7 Å². The predicted molar refractivity (Wildman–Crippen MR) is 32.2 cm³/mol. The van der Waals surface area contributed by atoms with Crippen LogP contribution in [0.3, 0.4) is 0 Å². The molecule has 0 aliphatic heterocycles. The molecule has 0 saturated carbocycles. The lowest BCUT2D eigenvalue weighted by molar-refractivity contribution is -0.339. The molecule has 4 N–H and O–H groups in total. The van der Waals surface area contributed by atoms with Gasteiger partial charge in [-0.05, 0) is 0 Å². The summed E-state index contributed by atoms with van der Waals surface area (Å²) in [5, 5.41) is 0. The van der Waals surface area contributed by atoms with E-state index < -0.39 is 0 Å². The molecule has 0 fully saturated rings. The Hall–Kier alpha value is -0.240. The third-order valence-corrected chi connectivity index (χ3v) is 0.553. The van der Waals surface area contributed by atoms with Gasteiger partial charge in [-0.15, -0.1) is 0 Å². The highest BCUT2D eigenvalue weighted by Crippen LogP contribution is 1.78. The third-order valence-electron chi connectivity index (χ3n) is 0.553. The Morgan fingerprint density at radius 3 is 1.40 bits per heavy atom. The molecule has 10 heavy (non-hydrogen) atoms. The quantitative estimate of drug-likeness (QED) is 0.204. The summed E-state index contributed by atoms with van der Waals surface area (Å²) in [7, 11) is 0. The van der Waals surface area contributed by atoms with Gasteiger partial charge in [0.2, 0.25) is 0 Å². The maximum atomic E-state index is 4.93. The topological polar surface area (TPSA) is 89.0 Å². The van der Waals surface area contributed by atoms with Gasteiger partial charge in [0.15, 0.2) is 0 Å². The molecule has 0 radical (unpaired) electrons. The van der Waals surface area contributed by atoms with Crippen LogP contribution in [-0.4, -0.2) is 26.7 Å². The Morgan fingerprint density at radius 1 is 0.700 bits per heavy atom. The summed E-state index contributed by atoms with van der Waals surface area (Å²) >= 11 is 0. The van der Waals surface area contributed by atoms with Crippen molar-refractivity contribution in [1.29, 1.82) is 0 Å². The molecule has 0 aromatic rings. The zero-order chi connectivity index (χ0) is 7.66. The van der Waals surface area contributed by atoms with Crippen LogP contribution in [0.15, 0.2) is 0 Å². The smallest absolute Gasteiger partial charge is 0.130 e. The van der Waals surface area contributed by atoms with Crippen molar-refractivity contribution >= 4 is 0 Å². The van der Waals surface area contributed by atoms with Gasteiger partial charge in [-0.25, -0.2) is 19.6 Å². The van der Waals surface area contributed by atoms with Crippen LogP contribution in [0.4, 0.5) is 0 Å². The van der Waals surface area contributed by atoms with E-state index in [0.717, 1.165) is 0 Å². The number of hydrogen-bond donors (Lipinski definition) is 2. The van der Waals surface area contributed by atoms with Crippen LogP contribution in [0.2, 0.25) is 0 Å². The van der Waals surface area contributed by atoms with Crippen LogP contribution < -0.4 is 11.5 Å². The van der Waals surface area contributed by atoms with Gasteiger partial charge in [-0.2, -0.15) is 0 Å². The summed E-state index contributed by atoms with van der Waals surface area (Å²) in [4.78, 5) is 17.6. The van der Waals surface area contributed by atoms with Gasteiger partial charge in [0, 0.05) is 0 Å². The van der Waals surface area contributed by atoms with Gasteiger partial charge in [0.25, 0.3) is 0 Å².